The second-order valence-corrected chi connectivity index (χ2v) is 5.34. The summed E-state index contributed by atoms with van der Waals surface area (Å²) in [5.74, 6) is 0. The van der Waals surface area contributed by atoms with Crippen LogP contribution in [0.1, 0.15) is 30.0 Å². The lowest BCUT2D eigenvalue weighted by Crippen LogP contribution is -2.08. The number of hydrogen-bond acceptors (Lipinski definition) is 2. The van der Waals surface area contributed by atoms with Crippen molar-refractivity contribution in [2.75, 3.05) is 0 Å². The molecule has 0 radical (unpaired) electrons. The van der Waals surface area contributed by atoms with Crippen molar-refractivity contribution >= 4 is 23.2 Å². The van der Waals surface area contributed by atoms with E-state index in [4.69, 9.17) is 23.2 Å². The summed E-state index contributed by atoms with van der Waals surface area (Å²) >= 11 is 12.0. The lowest BCUT2D eigenvalue weighted by atomic mass is 10.1. The quantitative estimate of drug-likeness (QED) is 0.937. The Kier molecular flexibility index (Phi) is 4.50. The van der Waals surface area contributed by atoms with E-state index in [1.54, 1.807) is 16.8 Å². The van der Waals surface area contributed by atoms with Gasteiger partial charge in [-0.1, -0.05) is 36.2 Å². The van der Waals surface area contributed by atoms with E-state index in [0.29, 0.717) is 16.5 Å². The van der Waals surface area contributed by atoms with Gasteiger partial charge in [0.1, 0.15) is 0 Å². The van der Waals surface area contributed by atoms with E-state index in [0.717, 1.165) is 23.4 Å². The number of aliphatic hydroxyl groups excluding tert-OH is 1. The first-order valence-electron chi connectivity index (χ1n) is 6.16. The first-order chi connectivity index (χ1) is 9.01. The molecule has 5 heteroatoms. The van der Waals surface area contributed by atoms with Gasteiger partial charge in [-0.25, -0.2) is 0 Å². The van der Waals surface area contributed by atoms with Crippen LogP contribution in [0.5, 0.6) is 0 Å². The van der Waals surface area contributed by atoms with Crippen molar-refractivity contribution in [3.63, 3.8) is 0 Å². The highest BCUT2D eigenvalue weighted by molar-refractivity contribution is 6.35. The number of aryl methyl sites for hydroxylation is 2. The van der Waals surface area contributed by atoms with Crippen LogP contribution in [0.4, 0.5) is 0 Å². The molecule has 3 nitrogen and oxygen atoms in total. The first kappa shape index (κ1) is 14.4. The number of halogens is 2. The SMILES string of the molecule is CCc1cc(C(O)Cc2ccc(Cl)cc2Cl)n(C)n1. The molecular formula is C14H16Cl2N2O. The molecule has 0 aliphatic rings. The van der Waals surface area contributed by atoms with Gasteiger partial charge in [0.2, 0.25) is 0 Å². The molecule has 1 aromatic carbocycles. The van der Waals surface area contributed by atoms with Gasteiger partial charge < -0.3 is 5.11 Å². The molecule has 2 rings (SSSR count). The van der Waals surface area contributed by atoms with Gasteiger partial charge in [0.05, 0.1) is 17.5 Å². The van der Waals surface area contributed by atoms with Crippen molar-refractivity contribution in [1.29, 1.82) is 0 Å². The van der Waals surface area contributed by atoms with Crippen LogP contribution < -0.4 is 0 Å². The molecule has 0 amide bonds. The number of benzene rings is 1. The molecule has 1 atom stereocenters. The van der Waals surface area contributed by atoms with E-state index in [1.807, 2.05) is 26.1 Å². The summed E-state index contributed by atoms with van der Waals surface area (Å²) in [6, 6.07) is 7.22. The zero-order valence-corrected chi connectivity index (χ0v) is 12.4. The highest BCUT2D eigenvalue weighted by Gasteiger charge is 2.15. The lowest BCUT2D eigenvalue weighted by Gasteiger charge is -2.12. The fourth-order valence-electron chi connectivity index (χ4n) is 2.03. The Morgan fingerprint density at radius 2 is 2.05 bits per heavy atom. The Balaban J connectivity index is 2.20. The van der Waals surface area contributed by atoms with E-state index in [9.17, 15) is 5.11 Å². The number of nitrogens with zero attached hydrogens (tertiary/aromatic N) is 2. The maximum Gasteiger partial charge on any atom is 0.0997 e. The molecule has 1 unspecified atom stereocenters. The molecule has 0 saturated carbocycles. The number of hydrogen-bond donors (Lipinski definition) is 1. The minimum absolute atomic E-state index is 0.443. The van der Waals surface area contributed by atoms with Crippen molar-refractivity contribution < 1.29 is 5.11 Å². The highest BCUT2D eigenvalue weighted by atomic mass is 35.5. The predicted octanol–water partition coefficient (Wildman–Crippen LogP) is 3.57. The smallest absolute Gasteiger partial charge is 0.0997 e. The van der Waals surface area contributed by atoms with Gasteiger partial charge in [-0.3, -0.25) is 4.68 Å². The third kappa shape index (κ3) is 3.30. The van der Waals surface area contributed by atoms with Crippen LogP contribution in [-0.4, -0.2) is 14.9 Å². The zero-order valence-electron chi connectivity index (χ0n) is 10.9. The Bertz CT molecular complexity index is 581. The molecule has 2 aromatic rings. The van der Waals surface area contributed by atoms with E-state index >= 15 is 0 Å². The third-order valence-electron chi connectivity index (χ3n) is 3.10. The fourth-order valence-corrected chi connectivity index (χ4v) is 2.51. The van der Waals surface area contributed by atoms with Gasteiger partial charge in [0.25, 0.3) is 0 Å². The second kappa shape index (κ2) is 5.95. The van der Waals surface area contributed by atoms with Crippen molar-refractivity contribution in [3.8, 4) is 0 Å². The van der Waals surface area contributed by atoms with E-state index in [-0.39, 0.29) is 0 Å². The van der Waals surface area contributed by atoms with Gasteiger partial charge in [-0.15, -0.1) is 0 Å². The molecule has 0 bridgehead atoms. The van der Waals surface area contributed by atoms with Crippen LogP contribution in [0.15, 0.2) is 24.3 Å². The van der Waals surface area contributed by atoms with E-state index < -0.39 is 6.10 Å². The first-order valence-corrected chi connectivity index (χ1v) is 6.91. The van der Waals surface area contributed by atoms with Gasteiger partial charge in [-0.05, 0) is 30.2 Å². The van der Waals surface area contributed by atoms with Crippen LogP contribution in [0.3, 0.4) is 0 Å². The average Bonchev–Trinajstić information content (AvgIpc) is 2.74. The minimum Gasteiger partial charge on any atom is -0.386 e. The zero-order chi connectivity index (χ0) is 14.0. The minimum atomic E-state index is -0.628. The van der Waals surface area contributed by atoms with Crippen molar-refractivity contribution in [2.45, 2.75) is 25.9 Å². The van der Waals surface area contributed by atoms with E-state index in [1.165, 1.54) is 0 Å². The topological polar surface area (TPSA) is 38.0 Å². The molecule has 1 heterocycles. The van der Waals surface area contributed by atoms with Crippen LogP contribution >= 0.6 is 23.2 Å². The highest BCUT2D eigenvalue weighted by Crippen LogP contribution is 2.26. The summed E-state index contributed by atoms with van der Waals surface area (Å²) in [5, 5.41) is 15.8. The van der Waals surface area contributed by atoms with Gasteiger partial charge >= 0.3 is 0 Å². The summed E-state index contributed by atoms with van der Waals surface area (Å²) < 4.78 is 1.72. The number of aromatic nitrogens is 2. The van der Waals surface area contributed by atoms with Crippen LogP contribution in [-0.2, 0) is 19.9 Å². The molecule has 0 spiro atoms. The van der Waals surface area contributed by atoms with Crippen molar-refractivity contribution in [3.05, 3.63) is 51.3 Å². The van der Waals surface area contributed by atoms with Crippen molar-refractivity contribution in [1.82, 2.24) is 9.78 Å². The molecule has 0 aliphatic heterocycles. The average molecular weight is 299 g/mol. The molecule has 0 saturated heterocycles. The monoisotopic (exact) mass is 298 g/mol. The predicted molar refractivity (Wildman–Crippen MR) is 77.7 cm³/mol. The largest absolute Gasteiger partial charge is 0.386 e. The van der Waals surface area contributed by atoms with Crippen LogP contribution in [0, 0.1) is 0 Å². The molecule has 102 valence electrons. The summed E-state index contributed by atoms with van der Waals surface area (Å²) in [6.07, 6.45) is 0.664. The van der Waals surface area contributed by atoms with Gasteiger partial charge in [-0.2, -0.15) is 5.10 Å². The Hall–Kier alpha value is -1.03. The Morgan fingerprint density at radius 3 is 2.63 bits per heavy atom. The van der Waals surface area contributed by atoms with Gasteiger partial charge in [0.15, 0.2) is 0 Å². The van der Waals surface area contributed by atoms with Crippen LogP contribution in [0.25, 0.3) is 0 Å². The summed E-state index contributed by atoms with van der Waals surface area (Å²) in [5.41, 5.74) is 2.64. The normalized spacial score (nSPS) is 12.7. The Labute approximate surface area is 122 Å². The number of aliphatic hydroxyl groups is 1. The summed E-state index contributed by atoms with van der Waals surface area (Å²) in [6.45, 7) is 2.04. The maximum atomic E-state index is 10.3. The van der Waals surface area contributed by atoms with Crippen molar-refractivity contribution in [2.24, 2.45) is 7.05 Å². The molecule has 1 aromatic heterocycles. The Morgan fingerprint density at radius 1 is 1.32 bits per heavy atom. The third-order valence-corrected chi connectivity index (χ3v) is 3.69. The number of rotatable bonds is 4. The maximum absolute atomic E-state index is 10.3. The molecule has 0 aliphatic carbocycles. The van der Waals surface area contributed by atoms with Gasteiger partial charge in [0, 0.05) is 23.5 Å². The molecule has 1 N–H and O–H groups in total. The lowest BCUT2D eigenvalue weighted by molar-refractivity contribution is 0.168. The fraction of sp³-hybridized carbons (Fsp3) is 0.357. The second-order valence-electron chi connectivity index (χ2n) is 4.49. The summed E-state index contributed by atoms with van der Waals surface area (Å²) in [4.78, 5) is 0. The molecule has 0 fully saturated rings. The molecule has 19 heavy (non-hydrogen) atoms. The van der Waals surface area contributed by atoms with E-state index in [2.05, 4.69) is 5.10 Å². The van der Waals surface area contributed by atoms with Crippen LogP contribution in [0.2, 0.25) is 10.0 Å². The molecular weight excluding hydrogens is 283 g/mol. The summed E-state index contributed by atoms with van der Waals surface area (Å²) in [7, 11) is 1.83. The standard InChI is InChI=1S/C14H16Cl2N2O/c1-3-11-8-13(18(2)17-11)14(19)6-9-4-5-10(15)7-12(9)16/h4-5,7-8,14,19H,3,6H2,1-2H3.